The third-order valence-electron chi connectivity index (χ3n) is 4.31. The number of aliphatic carboxylic acids is 1. The molecule has 0 aliphatic carbocycles. The number of carboxylic acid groups (broad SMARTS) is 1. The van der Waals surface area contributed by atoms with E-state index >= 15 is 0 Å². The van der Waals surface area contributed by atoms with Crippen molar-refractivity contribution in [1.82, 2.24) is 0 Å². The number of benzene rings is 1. The van der Waals surface area contributed by atoms with Gasteiger partial charge in [0.1, 0.15) is 5.75 Å². The van der Waals surface area contributed by atoms with E-state index in [2.05, 4.69) is 15.9 Å². The van der Waals surface area contributed by atoms with Gasteiger partial charge in [0.05, 0.1) is 12.5 Å². The van der Waals surface area contributed by atoms with E-state index < -0.39 is 48.4 Å². The lowest BCUT2D eigenvalue weighted by Gasteiger charge is -2.43. The van der Waals surface area contributed by atoms with Crippen molar-refractivity contribution in [3.8, 4) is 5.75 Å². The summed E-state index contributed by atoms with van der Waals surface area (Å²) in [5.74, 6) is -2.56. The van der Waals surface area contributed by atoms with Gasteiger partial charge in [-0.05, 0) is 24.6 Å². The smallest absolute Gasteiger partial charge is 0.303 e. The van der Waals surface area contributed by atoms with Crippen LogP contribution in [-0.2, 0) is 33.9 Å². The topological polar surface area (TPSA) is 108 Å². The third-order valence-corrected chi connectivity index (χ3v) is 4.96. The molecule has 0 aromatic heterocycles. The summed E-state index contributed by atoms with van der Waals surface area (Å²) in [6.45, 7) is 4.08. The Morgan fingerprint density at radius 2 is 1.64 bits per heavy atom. The Hall–Kier alpha value is -2.13. The van der Waals surface area contributed by atoms with Crippen molar-refractivity contribution < 1.29 is 38.4 Å². The molecule has 1 aromatic carbocycles. The molecule has 8 nitrogen and oxygen atoms in total. The average Bonchev–Trinajstić information content (AvgIpc) is 2.61. The van der Waals surface area contributed by atoms with E-state index in [4.69, 9.17) is 18.9 Å². The molecule has 1 aliphatic heterocycles. The van der Waals surface area contributed by atoms with Gasteiger partial charge < -0.3 is 24.1 Å². The van der Waals surface area contributed by atoms with Crippen LogP contribution in [0.15, 0.2) is 24.3 Å². The minimum Gasteiger partial charge on any atom is -0.481 e. The Kier molecular flexibility index (Phi) is 7.82. The maximum Gasteiger partial charge on any atom is 0.303 e. The Bertz CT molecular complexity index is 704. The minimum absolute atomic E-state index is 0.316. The summed E-state index contributed by atoms with van der Waals surface area (Å²) < 4.78 is 22.3. The number of carboxylic acids is 1. The lowest BCUT2D eigenvalue weighted by atomic mass is 9.86. The zero-order chi connectivity index (χ0) is 20.8. The van der Waals surface area contributed by atoms with E-state index in [9.17, 15) is 19.5 Å². The summed E-state index contributed by atoms with van der Waals surface area (Å²) in [6.07, 6.45) is -4.13. The zero-order valence-electron chi connectivity index (χ0n) is 15.8. The monoisotopic (exact) mass is 458 g/mol. The molecule has 1 N–H and O–H groups in total. The van der Waals surface area contributed by atoms with Crippen LogP contribution < -0.4 is 4.74 Å². The van der Waals surface area contributed by atoms with Crippen molar-refractivity contribution in [2.75, 3.05) is 0 Å². The molecular formula is C19H23BrO8. The maximum atomic E-state index is 11.6. The zero-order valence-corrected chi connectivity index (χ0v) is 17.4. The number of ether oxygens (including phenoxy) is 4. The van der Waals surface area contributed by atoms with Crippen molar-refractivity contribution in [1.29, 1.82) is 0 Å². The van der Waals surface area contributed by atoms with Gasteiger partial charge in [0.15, 0.2) is 6.10 Å². The number of alkyl halides is 1. The van der Waals surface area contributed by atoms with Crippen molar-refractivity contribution in [3.63, 3.8) is 0 Å². The minimum atomic E-state index is -1.11. The molecule has 154 valence electrons. The number of hydrogen-bond acceptors (Lipinski definition) is 7. The van der Waals surface area contributed by atoms with Crippen LogP contribution in [0, 0.1) is 5.92 Å². The van der Waals surface area contributed by atoms with Gasteiger partial charge >= 0.3 is 17.9 Å². The molecule has 0 bridgehead atoms. The number of hydrogen-bond donors (Lipinski definition) is 1. The van der Waals surface area contributed by atoms with Crippen LogP contribution in [0.5, 0.6) is 5.75 Å². The van der Waals surface area contributed by atoms with Crippen LogP contribution in [0.25, 0.3) is 0 Å². The first-order valence-corrected chi connectivity index (χ1v) is 9.86. The van der Waals surface area contributed by atoms with E-state index in [0.717, 1.165) is 5.56 Å². The molecule has 2 rings (SSSR count). The van der Waals surface area contributed by atoms with Crippen molar-refractivity contribution in [2.45, 2.75) is 57.1 Å². The molecule has 9 heteroatoms. The number of carbonyl (C=O) groups excluding carboxylic acids is 2. The van der Waals surface area contributed by atoms with Gasteiger partial charge in [-0.3, -0.25) is 14.4 Å². The molecule has 1 aliphatic rings. The Labute approximate surface area is 171 Å². The van der Waals surface area contributed by atoms with E-state index in [1.165, 1.54) is 13.8 Å². The fourth-order valence-electron chi connectivity index (χ4n) is 3.09. The maximum absolute atomic E-state index is 11.6. The molecule has 0 saturated carbocycles. The first-order valence-electron chi connectivity index (χ1n) is 8.74. The molecule has 0 spiro atoms. The Morgan fingerprint density at radius 1 is 1.07 bits per heavy atom. The second kappa shape index (κ2) is 9.88. The first kappa shape index (κ1) is 22.2. The van der Waals surface area contributed by atoms with E-state index in [-0.39, 0.29) is 6.42 Å². The van der Waals surface area contributed by atoms with Gasteiger partial charge in [-0.25, -0.2) is 0 Å². The van der Waals surface area contributed by atoms with Crippen LogP contribution in [0.2, 0.25) is 0 Å². The standard InChI is InChI=1S/C19H23BrO8/c1-10-15(8-16(23)24)17(26-11(2)21)18(27-12(3)22)19(25-10)28-14-6-4-13(9-20)5-7-14/h4-7,10,15,17-19H,8-9H2,1-3H3,(H,23,24)/t10-,15+,17+,18-,19-/m0/s1. The van der Waals surface area contributed by atoms with Gasteiger partial charge in [0, 0.05) is 25.1 Å². The van der Waals surface area contributed by atoms with Crippen LogP contribution in [0.4, 0.5) is 0 Å². The van der Waals surface area contributed by atoms with Crippen molar-refractivity contribution >= 4 is 33.8 Å². The molecule has 1 heterocycles. The molecule has 1 aromatic rings. The fraction of sp³-hybridized carbons (Fsp3) is 0.526. The Morgan fingerprint density at radius 3 is 2.14 bits per heavy atom. The Balaban J connectivity index is 2.32. The third kappa shape index (κ3) is 5.93. The predicted molar refractivity (Wildman–Crippen MR) is 101 cm³/mol. The highest BCUT2D eigenvalue weighted by Gasteiger charge is 2.50. The first-order chi connectivity index (χ1) is 13.2. The highest BCUT2D eigenvalue weighted by atomic mass is 79.9. The molecular weight excluding hydrogens is 436 g/mol. The second-order valence-electron chi connectivity index (χ2n) is 6.51. The summed E-state index contributed by atoms with van der Waals surface area (Å²) in [5, 5.41) is 9.90. The van der Waals surface area contributed by atoms with E-state index in [1.54, 1.807) is 19.1 Å². The highest BCUT2D eigenvalue weighted by Crippen LogP contribution is 2.34. The number of halogens is 1. The van der Waals surface area contributed by atoms with Crippen molar-refractivity contribution in [2.24, 2.45) is 5.92 Å². The van der Waals surface area contributed by atoms with Crippen molar-refractivity contribution in [3.05, 3.63) is 29.8 Å². The summed E-state index contributed by atoms with van der Waals surface area (Å²) in [4.78, 5) is 34.5. The average molecular weight is 459 g/mol. The summed E-state index contributed by atoms with van der Waals surface area (Å²) in [6, 6.07) is 7.18. The van der Waals surface area contributed by atoms with Crippen LogP contribution in [0.1, 0.15) is 32.8 Å². The quantitative estimate of drug-likeness (QED) is 0.490. The van der Waals surface area contributed by atoms with Gasteiger partial charge in [-0.15, -0.1) is 0 Å². The lowest BCUT2D eigenvalue weighted by Crippen LogP contribution is -2.58. The molecule has 0 amide bonds. The van der Waals surface area contributed by atoms with Crippen LogP contribution in [-0.4, -0.2) is 47.6 Å². The molecule has 0 unspecified atom stereocenters. The van der Waals surface area contributed by atoms with Crippen LogP contribution in [0.3, 0.4) is 0 Å². The molecule has 1 saturated heterocycles. The van der Waals surface area contributed by atoms with Gasteiger partial charge in [-0.2, -0.15) is 0 Å². The van der Waals surface area contributed by atoms with Gasteiger partial charge in [-0.1, -0.05) is 28.1 Å². The van der Waals surface area contributed by atoms with Crippen LogP contribution >= 0.6 is 15.9 Å². The van der Waals surface area contributed by atoms with E-state index in [1.807, 2.05) is 12.1 Å². The largest absolute Gasteiger partial charge is 0.481 e. The van der Waals surface area contributed by atoms with E-state index in [0.29, 0.717) is 11.1 Å². The number of rotatable bonds is 7. The predicted octanol–water partition coefficient (Wildman–Crippen LogP) is 2.66. The lowest BCUT2D eigenvalue weighted by molar-refractivity contribution is -0.266. The number of carbonyl (C=O) groups is 3. The summed E-state index contributed by atoms with van der Waals surface area (Å²) in [5.41, 5.74) is 1.04. The normalized spacial score (nSPS) is 26.9. The fourth-order valence-corrected chi connectivity index (χ4v) is 3.46. The summed E-state index contributed by atoms with van der Waals surface area (Å²) >= 11 is 3.36. The molecule has 0 radical (unpaired) electrons. The highest BCUT2D eigenvalue weighted by molar-refractivity contribution is 9.08. The van der Waals surface area contributed by atoms with Gasteiger partial charge in [0.25, 0.3) is 0 Å². The second-order valence-corrected chi connectivity index (χ2v) is 7.08. The number of esters is 2. The van der Waals surface area contributed by atoms with Gasteiger partial charge in [0.2, 0.25) is 12.4 Å². The molecule has 28 heavy (non-hydrogen) atoms. The molecule has 1 fully saturated rings. The summed E-state index contributed by atoms with van der Waals surface area (Å²) in [7, 11) is 0. The SMILES string of the molecule is CC(=O)O[C@@H]1[C@H](Oc2ccc(CBr)cc2)O[C@@H](C)[C@@H](CC(=O)O)[C@H]1OC(C)=O. The molecule has 5 atom stereocenters.